The summed E-state index contributed by atoms with van der Waals surface area (Å²) in [7, 11) is 0. The van der Waals surface area contributed by atoms with E-state index in [1.165, 1.54) is 10.9 Å². The van der Waals surface area contributed by atoms with Gasteiger partial charge in [0, 0.05) is 43.8 Å². The second-order valence-corrected chi connectivity index (χ2v) is 4.88. The molecule has 18 heavy (non-hydrogen) atoms. The highest BCUT2D eigenvalue weighted by atomic mass is 15.2. The second kappa shape index (κ2) is 5.04. The first-order valence-electron chi connectivity index (χ1n) is 6.64. The number of aromatic nitrogens is 1. The zero-order valence-electron chi connectivity index (χ0n) is 10.8. The minimum Gasteiger partial charge on any atom is -0.314 e. The molecule has 0 amide bonds. The lowest BCUT2D eigenvalue weighted by Gasteiger charge is -2.33. The van der Waals surface area contributed by atoms with Gasteiger partial charge in [0.2, 0.25) is 0 Å². The van der Waals surface area contributed by atoms with Crippen LogP contribution in [0.2, 0.25) is 0 Å². The van der Waals surface area contributed by atoms with Gasteiger partial charge in [0.05, 0.1) is 5.52 Å². The van der Waals surface area contributed by atoms with Crippen molar-refractivity contribution in [1.29, 1.82) is 0 Å². The van der Waals surface area contributed by atoms with Gasteiger partial charge in [0.25, 0.3) is 0 Å². The van der Waals surface area contributed by atoms with Gasteiger partial charge in [0.1, 0.15) is 0 Å². The van der Waals surface area contributed by atoms with Gasteiger partial charge >= 0.3 is 0 Å². The monoisotopic (exact) mass is 241 g/mol. The summed E-state index contributed by atoms with van der Waals surface area (Å²) in [5.41, 5.74) is 2.49. The van der Waals surface area contributed by atoms with Gasteiger partial charge in [-0.25, -0.2) is 0 Å². The molecule has 3 rings (SSSR count). The fourth-order valence-corrected chi connectivity index (χ4v) is 2.75. The molecule has 0 unspecified atom stereocenters. The number of hydrogen-bond acceptors (Lipinski definition) is 3. The third-order valence-corrected chi connectivity index (χ3v) is 3.83. The van der Waals surface area contributed by atoms with Crippen LogP contribution >= 0.6 is 0 Å². The van der Waals surface area contributed by atoms with Gasteiger partial charge in [-0.2, -0.15) is 0 Å². The van der Waals surface area contributed by atoms with E-state index in [-0.39, 0.29) is 0 Å². The molecular weight excluding hydrogens is 222 g/mol. The fraction of sp³-hybridized carbons (Fsp3) is 0.400. The molecule has 1 saturated heterocycles. The van der Waals surface area contributed by atoms with Crippen LogP contribution in [0.3, 0.4) is 0 Å². The van der Waals surface area contributed by atoms with Crippen LogP contribution in [0.4, 0.5) is 0 Å². The molecule has 0 bridgehead atoms. The molecule has 0 radical (unpaired) electrons. The Morgan fingerprint density at radius 2 is 1.94 bits per heavy atom. The van der Waals surface area contributed by atoms with Crippen molar-refractivity contribution in [2.45, 2.75) is 13.0 Å². The average molecular weight is 241 g/mol. The smallest absolute Gasteiger partial charge is 0.0705 e. The zero-order chi connectivity index (χ0) is 12.4. The first-order chi connectivity index (χ1) is 8.86. The van der Waals surface area contributed by atoms with Crippen molar-refractivity contribution in [3.8, 4) is 0 Å². The van der Waals surface area contributed by atoms with Crippen LogP contribution < -0.4 is 5.32 Å². The van der Waals surface area contributed by atoms with Crippen LogP contribution in [0, 0.1) is 0 Å². The highest BCUT2D eigenvalue weighted by molar-refractivity contribution is 5.82. The van der Waals surface area contributed by atoms with Crippen molar-refractivity contribution in [3.63, 3.8) is 0 Å². The number of rotatable bonds is 2. The van der Waals surface area contributed by atoms with Gasteiger partial charge in [0.15, 0.2) is 0 Å². The zero-order valence-corrected chi connectivity index (χ0v) is 10.8. The topological polar surface area (TPSA) is 28.2 Å². The molecule has 3 heteroatoms. The Morgan fingerprint density at radius 3 is 2.78 bits per heavy atom. The van der Waals surface area contributed by atoms with Crippen molar-refractivity contribution in [1.82, 2.24) is 15.2 Å². The Kier molecular flexibility index (Phi) is 3.26. The maximum Gasteiger partial charge on any atom is 0.0705 e. The largest absolute Gasteiger partial charge is 0.314 e. The van der Waals surface area contributed by atoms with Crippen molar-refractivity contribution < 1.29 is 0 Å². The predicted molar refractivity (Wildman–Crippen MR) is 74.6 cm³/mol. The second-order valence-electron chi connectivity index (χ2n) is 4.88. The number of nitrogens with one attached hydrogen (secondary N) is 1. The van der Waals surface area contributed by atoms with Gasteiger partial charge in [-0.05, 0) is 24.6 Å². The van der Waals surface area contributed by atoms with Gasteiger partial charge < -0.3 is 5.32 Å². The third-order valence-electron chi connectivity index (χ3n) is 3.83. The summed E-state index contributed by atoms with van der Waals surface area (Å²) in [6, 6.07) is 11.0. The molecule has 1 atom stereocenters. The molecule has 2 aromatic rings. The predicted octanol–water partition coefficient (Wildman–Crippen LogP) is 2.20. The summed E-state index contributed by atoms with van der Waals surface area (Å²) in [4.78, 5) is 6.98. The van der Waals surface area contributed by atoms with Crippen LogP contribution in [0.25, 0.3) is 10.9 Å². The normalized spacial score (nSPS) is 18.9. The summed E-state index contributed by atoms with van der Waals surface area (Å²) < 4.78 is 0. The number of fused-ring (bicyclic) bond motifs is 1. The minimum absolute atomic E-state index is 0.458. The summed E-state index contributed by atoms with van der Waals surface area (Å²) in [6.45, 7) is 6.73. The van der Waals surface area contributed by atoms with E-state index in [1.807, 2.05) is 6.20 Å². The molecule has 1 N–H and O–H groups in total. The van der Waals surface area contributed by atoms with E-state index in [0.29, 0.717) is 6.04 Å². The van der Waals surface area contributed by atoms with Gasteiger partial charge in [-0.15, -0.1) is 0 Å². The highest BCUT2D eigenvalue weighted by Gasteiger charge is 2.19. The number of benzene rings is 1. The standard InChI is InChI=1S/C15H19N3/c1-12(18-10-8-16-9-11-18)13-6-7-17-15-5-3-2-4-14(13)15/h2-7,12,16H,8-11H2,1H3/t12-/m1/s1. The quantitative estimate of drug-likeness (QED) is 0.873. The Morgan fingerprint density at radius 1 is 1.17 bits per heavy atom. The summed E-state index contributed by atoms with van der Waals surface area (Å²) in [5, 5.41) is 4.69. The van der Waals surface area contributed by atoms with Crippen LogP contribution in [-0.2, 0) is 0 Å². The van der Waals surface area contributed by atoms with E-state index in [2.05, 4.69) is 52.5 Å². The summed E-state index contributed by atoms with van der Waals surface area (Å²) >= 11 is 0. The lowest BCUT2D eigenvalue weighted by Crippen LogP contribution is -2.44. The third kappa shape index (κ3) is 2.11. The maximum atomic E-state index is 4.44. The van der Waals surface area contributed by atoms with Crippen molar-refractivity contribution >= 4 is 10.9 Å². The number of nitrogens with zero attached hydrogens (tertiary/aromatic N) is 2. The van der Waals surface area contributed by atoms with E-state index in [1.54, 1.807) is 0 Å². The Bertz CT molecular complexity index is 527. The fourth-order valence-electron chi connectivity index (χ4n) is 2.75. The molecule has 3 nitrogen and oxygen atoms in total. The molecule has 0 aliphatic carbocycles. The first-order valence-corrected chi connectivity index (χ1v) is 6.64. The van der Waals surface area contributed by atoms with E-state index in [9.17, 15) is 0 Å². The summed E-state index contributed by atoms with van der Waals surface area (Å²) in [6.07, 6.45) is 1.93. The molecule has 1 fully saturated rings. The Hall–Kier alpha value is -1.45. The van der Waals surface area contributed by atoms with E-state index >= 15 is 0 Å². The molecule has 0 spiro atoms. The van der Waals surface area contributed by atoms with E-state index < -0.39 is 0 Å². The minimum atomic E-state index is 0.458. The van der Waals surface area contributed by atoms with Crippen LogP contribution in [-0.4, -0.2) is 36.1 Å². The van der Waals surface area contributed by atoms with Crippen LogP contribution in [0.1, 0.15) is 18.5 Å². The van der Waals surface area contributed by atoms with Gasteiger partial charge in [-0.3, -0.25) is 9.88 Å². The molecule has 1 aromatic heterocycles. The number of hydrogen-bond donors (Lipinski definition) is 1. The molecule has 2 heterocycles. The number of pyridine rings is 1. The van der Waals surface area contributed by atoms with E-state index in [4.69, 9.17) is 0 Å². The molecular formula is C15H19N3. The van der Waals surface area contributed by atoms with Crippen molar-refractivity contribution in [3.05, 3.63) is 42.1 Å². The Balaban J connectivity index is 1.97. The molecule has 94 valence electrons. The van der Waals surface area contributed by atoms with Crippen LogP contribution in [0.5, 0.6) is 0 Å². The first kappa shape index (κ1) is 11.6. The average Bonchev–Trinajstić information content (AvgIpc) is 2.47. The lowest BCUT2D eigenvalue weighted by molar-refractivity contribution is 0.186. The van der Waals surface area contributed by atoms with Crippen molar-refractivity contribution in [2.24, 2.45) is 0 Å². The highest BCUT2D eigenvalue weighted by Crippen LogP contribution is 2.26. The van der Waals surface area contributed by atoms with Crippen molar-refractivity contribution in [2.75, 3.05) is 26.2 Å². The van der Waals surface area contributed by atoms with Gasteiger partial charge in [-0.1, -0.05) is 18.2 Å². The molecule has 0 saturated carbocycles. The molecule has 1 aliphatic rings. The number of piperazine rings is 1. The number of para-hydroxylation sites is 1. The SMILES string of the molecule is C[C@H](c1ccnc2ccccc12)N1CCNCC1. The maximum absolute atomic E-state index is 4.44. The van der Waals surface area contributed by atoms with E-state index in [0.717, 1.165) is 31.7 Å². The summed E-state index contributed by atoms with van der Waals surface area (Å²) in [5.74, 6) is 0. The lowest BCUT2D eigenvalue weighted by atomic mass is 10.0. The Labute approximate surface area is 108 Å². The van der Waals surface area contributed by atoms with Crippen LogP contribution in [0.15, 0.2) is 36.5 Å². The molecule has 1 aliphatic heterocycles. The molecule has 1 aromatic carbocycles.